The fourth-order valence-electron chi connectivity index (χ4n) is 1.10. The molecule has 1 N–H and O–H groups in total. The molecule has 0 aromatic carbocycles. The molecule has 0 aliphatic heterocycles. The lowest BCUT2D eigenvalue weighted by atomic mass is 10.0. The van der Waals surface area contributed by atoms with Crippen molar-refractivity contribution in [2.24, 2.45) is 5.92 Å². The van der Waals surface area contributed by atoms with Gasteiger partial charge in [-0.25, -0.2) is 9.59 Å². The van der Waals surface area contributed by atoms with Gasteiger partial charge in [-0.3, -0.25) is 0 Å². The molecule has 0 aliphatic rings. The summed E-state index contributed by atoms with van der Waals surface area (Å²) in [4.78, 5) is 23.0. The summed E-state index contributed by atoms with van der Waals surface area (Å²) in [5.41, 5.74) is 0.762. The topological polar surface area (TPSA) is 66.8 Å². The molecule has 0 aliphatic carbocycles. The minimum absolute atomic E-state index is 0.313. The molecule has 21 heavy (non-hydrogen) atoms. The van der Waals surface area contributed by atoms with E-state index in [-0.39, 0.29) is 5.97 Å². The second kappa shape index (κ2) is 12.1. The van der Waals surface area contributed by atoms with E-state index in [2.05, 4.69) is 13.2 Å². The molecule has 5 heteroatoms. The highest BCUT2D eigenvalue weighted by Gasteiger charge is 2.07. The number of likely N-dealkylation sites (N-methyl/N-ethyl adjacent to an activating group) is 1. The first kappa shape index (κ1) is 21.7. The van der Waals surface area contributed by atoms with E-state index in [1.54, 1.807) is 6.92 Å². The number of hydrogen-bond donors (Lipinski definition) is 1. The van der Waals surface area contributed by atoms with Crippen molar-refractivity contribution in [1.82, 2.24) is 4.90 Å². The molecule has 1 unspecified atom stereocenters. The van der Waals surface area contributed by atoms with Crippen LogP contribution in [-0.4, -0.2) is 49.2 Å². The standard InChI is InChI=1S/C8H15NO2.C8H14O2/c1-7(2)8(10)11-6-5-9(3)4;1-4-6(2)5-7(3)8(9)10/h1,5-6H2,2-4H3;6H,3-5H2,1-2H3,(H,9,10). The van der Waals surface area contributed by atoms with Crippen LogP contribution < -0.4 is 0 Å². The van der Waals surface area contributed by atoms with E-state index < -0.39 is 5.97 Å². The predicted octanol–water partition coefficient (Wildman–Crippen LogP) is 2.73. The average molecular weight is 299 g/mol. The fourth-order valence-corrected chi connectivity index (χ4v) is 1.10. The van der Waals surface area contributed by atoms with Gasteiger partial charge in [0.25, 0.3) is 0 Å². The Kier molecular flexibility index (Phi) is 12.5. The van der Waals surface area contributed by atoms with Crippen molar-refractivity contribution in [2.75, 3.05) is 27.2 Å². The van der Waals surface area contributed by atoms with Crippen LogP contribution in [-0.2, 0) is 14.3 Å². The molecule has 5 nitrogen and oxygen atoms in total. The highest BCUT2D eigenvalue weighted by molar-refractivity contribution is 5.87. The minimum Gasteiger partial charge on any atom is -0.478 e. The van der Waals surface area contributed by atoms with Gasteiger partial charge in [0.1, 0.15) is 6.61 Å². The smallest absolute Gasteiger partial charge is 0.333 e. The molecular weight excluding hydrogens is 270 g/mol. The van der Waals surface area contributed by atoms with Gasteiger partial charge in [0.05, 0.1) is 0 Å². The van der Waals surface area contributed by atoms with Crippen LogP contribution >= 0.6 is 0 Å². The van der Waals surface area contributed by atoms with E-state index >= 15 is 0 Å². The van der Waals surface area contributed by atoms with Gasteiger partial charge in [0.2, 0.25) is 0 Å². The molecule has 122 valence electrons. The van der Waals surface area contributed by atoms with Crippen LogP contribution in [0.4, 0.5) is 0 Å². The van der Waals surface area contributed by atoms with Crippen molar-refractivity contribution < 1.29 is 19.4 Å². The predicted molar refractivity (Wildman–Crippen MR) is 85.2 cm³/mol. The Morgan fingerprint density at radius 1 is 1.29 bits per heavy atom. The summed E-state index contributed by atoms with van der Waals surface area (Å²) in [7, 11) is 3.85. The molecule has 0 amide bonds. The van der Waals surface area contributed by atoms with Crippen LogP contribution in [0.15, 0.2) is 24.3 Å². The SMILES string of the molecule is C=C(C)C(=O)OCCN(C)C.C=C(CC(C)CC)C(=O)O. The zero-order valence-corrected chi connectivity index (χ0v) is 13.9. The number of hydrogen-bond acceptors (Lipinski definition) is 4. The second-order valence-corrected chi connectivity index (χ2v) is 5.35. The number of carboxylic acid groups (broad SMARTS) is 1. The molecule has 0 fully saturated rings. The van der Waals surface area contributed by atoms with Gasteiger partial charge < -0.3 is 14.7 Å². The molecule has 0 bridgehead atoms. The minimum atomic E-state index is -0.875. The second-order valence-electron chi connectivity index (χ2n) is 5.35. The van der Waals surface area contributed by atoms with Gasteiger partial charge in [0.15, 0.2) is 0 Å². The summed E-state index contributed by atoms with van der Waals surface area (Å²) in [6, 6.07) is 0. The number of esters is 1. The van der Waals surface area contributed by atoms with Crippen LogP contribution in [0.3, 0.4) is 0 Å². The molecule has 1 atom stereocenters. The number of carbonyl (C=O) groups excluding carboxylic acids is 1. The lowest BCUT2D eigenvalue weighted by Crippen LogP contribution is -2.20. The summed E-state index contributed by atoms with van der Waals surface area (Å²) >= 11 is 0. The van der Waals surface area contributed by atoms with Crippen molar-refractivity contribution in [2.45, 2.75) is 33.6 Å². The zero-order chi connectivity index (χ0) is 17.0. The lowest BCUT2D eigenvalue weighted by Gasteiger charge is -2.09. The molecule has 0 spiro atoms. The number of aliphatic carboxylic acids is 1. The molecule has 0 radical (unpaired) electrons. The number of carbonyl (C=O) groups is 2. The highest BCUT2D eigenvalue weighted by Crippen LogP contribution is 2.12. The number of rotatable bonds is 8. The Morgan fingerprint density at radius 2 is 1.81 bits per heavy atom. The van der Waals surface area contributed by atoms with Crippen LogP contribution in [0.5, 0.6) is 0 Å². The summed E-state index contributed by atoms with van der Waals surface area (Å²) < 4.78 is 4.83. The lowest BCUT2D eigenvalue weighted by molar-refractivity contribution is -0.139. The quantitative estimate of drug-likeness (QED) is 0.551. The highest BCUT2D eigenvalue weighted by atomic mass is 16.5. The van der Waals surface area contributed by atoms with Crippen molar-refractivity contribution in [3.05, 3.63) is 24.3 Å². The van der Waals surface area contributed by atoms with Crippen molar-refractivity contribution in [3.63, 3.8) is 0 Å². The first-order valence-corrected chi connectivity index (χ1v) is 7.00. The number of carboxylic acids is 1. The maximum absolute atomic E-state index is 10.8. The van der Waals surface area contributed by atoms with E-state index in [0.29, 0.717) is 30.1 Å². The molecule has 0 saturated carbocycles. The van der Waals surface area contributed by atoms with Crippen LogP contribution in [0.25, 0.3) is 0 Å². The van der Waals surface area contributed by atoms with E-state index in [1.165, 1.54) is 0 Å². The Balaban J connectivity index is 0. The Bertz CT molecular complexity index is 361. The summed E-state index contributed by atoms with van der Waals surface area (Å²) in [5, 5.41) is 8.43. The van der Waals surface area contributed by atoms with Crippen molar-refractivity contribution in [1.29, 1.82) is 0 Å². The van der Waals surface area contributed by atoms with Crippen LogP contribution in [0.2, 0.25) is 0 Å². The molecule has 0 aromatic rings. The number of nitrogens with zero attached hydrogens (tertiary/aromatic N) is 1. The van der Waals surface area contributed by atoms with Crippen LogP contribution in [0.1, 0.15) is 33.6 Å². The van der Waals surface area contributed by atoms with Gasteiger partial charge in [0, 0.05) is 17.7 Å². The largest absolute Gasteiger partial charge is 0.478 e. The maximum atomic E-state index is 10.8. The van der Waals surface area contributed by atoms with Crippen LogP contribution in [0, 0.1) is 5.92 Å². The molecule has 0 rings (SSSR count). The van der Waals surface area contributed by atoms with E-state index in [1.807, 2.05) is 32.8 Å². The monoisotopic (exact) mass is 299 g/mol. The summed E-state index contributed by atoms with van der Waals surface area (Å²) in [6.45, 7) is 13.8. The zero-order valence-electron chi connectivity index (χ0n) is 13.9. The van der Waals surface area contributed by atoms with Gasteiger partial charge in [-0.05, 0) is 33.4 Å². The Hall–Kier alpha value is -1.62. The Labute approximate surface area is 128 Å². The van der Waals surface area contributed by atoms with Gasteiger partial charge >= 0.3 is 11.9 Å². The van der Waals surface area contributed by atoms with E-state index in [9.17, 15) is 9.59 Å². The molecule has 0 saturated heterocycles. The third-order valence-electron chi connectivity index (χ3n) is 2.71. The third-order valence-corrected chi connectivity index (χ3v) is 2.71. The average Bonchev–Trinajstić information content (AvgIpc) is 2.38. The van der Waals surface area contributed by atoms with Crippen molar-refractivity contribution in [3.8, 4) is 0 Å². The molecular formula is C16H29NO4. The first-order valence-electron chi connectivity index (χ1n) is 7.00. The van der Waals surface area contributed by atoms with E-state index in [4.69, 9.17) is 9.84 Å². The van der Waals surface area contributed by atoms with Gasteiger partial charge in [-0.2, -0.15) is 0 Å². The third kappa shape index (κ3) is 14.6. The first-order chi connectivity index (χ1) is 9.61. The summed E-state index contributed by atoms with van der Waals surface area (Å²) in [5.74, 6) is -0.754. The van der Waals surface area contributed by atoms with Crippen molar-refractivity contribution >= 4 is 11.9 Å². The van der Waals surface area contributed by atoms with E-state index in [0.717, 1.165) is 13.0 Å². The Morgan fingerprint density at radius 3 is 2.14 bits per heavy atom. The fraction of sp³-hybridized carbons (Fsp3) is 0.625. The summed E-state index contributed by atoms with van der Waals surface area (Å²) in [6.07, 6.45) is 1.61. The van der Waals surface area contributed by atoms with Gasteiger partial charge in [-0.1, -0.05) is 33.4 Å². The maximum Gasteiger partial charge on any atom is 0.333 e. The van der Waals surface area contributed by atoms with Gasteiger partial charge in [-0.15, -0.1) is 0 Å². The number of ether oxygens (including phenoxy) is 1. The molecule has 0 heterocycles. The normalized spacial score (nSPS) is 11.1. The molecule has 0 aromatic heterocycles.